The predicted molar refractivity (Wildman–Crippen MR) is 98.6 cm³/mol. The number of amides is 1. The van der Waals surface area contributed by atoms with Gasteiger partial charge >= 0.3 is 0 Å². The van der Waals surface area contributed by atoms with Crippen LogP contribution in [0.5, 0.6) is 11.5 Å². The number of aromatic hydroxyl groups is 1. The summed E-state index contributed by atoms with van der Waals surface area (Å²) < 4.78 is 6.55. The molecule has 0 spiro atoms. The highest BCUT2D eigenvalue weighted by Gasteiger charge is 2.08. The number of halogens is 1. The number of nitrogens with one attached hydrogen (secondary N) is 1. The molecule has 122 valence electrons. The Balaban J connectivity index is 1.64. The van der Waals surface area contributed by atoms with E-state index >= 15 is 0 Å². The van der Waals surface area contributed by atoms with E-state index in [9.17, 15) is 9.90 Å². The van der Waals surface area contributed by atoms with Gasteiger partial charge in [-0.05, 0) is 59.7 Å². The van der Waals surface area contributed by atoms with Crippen LogP contribution in [0, 0.1) is 6.92 Å². The van der Waals surface area contributed by atoms with Crippen molar-refractivity contribution in [3.05, 3.63) is 64.6 Å². The van der Waals surface area contributed by atoms with Gasteiger partial charge in [-0.3, -0.25) is 4.79 Å². The van der Waals surface area contributed by atoms with Gasteiger partial charge in [-0.1, -0.05) is 34.1 Å². The van der Waals surface area contributed by atoms with Crippen molar-refractivity contribution in [1.29, 1.82) is 0 Å². The molecule has 0 saturated heterocycles. The molecule has 3 aromatic carbocycles. The largest absolute Gasteiger partial charge is 0.506 e. The fraction of sp³-hybridized carbons (Fsp3) is 0.105. The summed E-state index contributed by atoms with van der Waals surface area (Å²) in [6.45, 7) is 1.74. The van der Waals surface area contributed by atoms with Crippen LogP contribution in [0.4, 0.5) is 5.69 Å². The molecule has 0 unspecified atom stereocenters. The van der Waals surface area contributed by atoms with Crippen molar-refractivity contribution >= 4 is 38.3 Å². The van der Waals surface area contributed by atoms with Crippen molar-refractivity contribution in [3.63, 3.8) is 0 Å². The van der Waals surface area contributed by atoms with E-state index in [1.165, 1.54) is 0 Å². The van der Waals surface area contributed by atoms with Crippen molar-refractivity contribution in [1.82, 2.24) is 0 Å². The Kier molecular flexibility index (Phi) is 4.71. The summed E-state index contributed by atoms with van der Waals surface area (Å²) in [6.07, 6.45) is 0. The molecule has 0 bridgehead atoms. The van der Waals surface area contributed by atoms with Crippen LogP contribution in [0.1, 0.15) is 5.56 Å². The van der Waals surface area contributed by atoms with Crippen molar-refractivity contribution in [2.24, 2.45) is 0 Å². The first-order valence-electron chi connectivity index (χ1n) is 7.43. The molecule has 0 fully saturated rings. The Morgan fingerprint density at radius 1 is 1.08 bits per heavy atom. The number of benzene rings is 3. The van der Waals surface area contributed by atoms with Crippen LogP contribution in [0.2, 0.25) is 0 Å². The third-order valence-electron chi connectivity index (χ3n) is 3.57. The quantitative estimate of drug-likeness (QED) is 0.643. The van der Waals surface area contributed by atoms with Gasteiger partial charge in [0.1, 0.15) is 11.5 Å². The summed E-state index contributed by atoms with van der Waals surface area (Å²) in [5.74, 6) is 0.331. The number of anilines is 1. The number of fused-ring (bicyclic) bond motifs is 1. The fourth-order valence-corrected chi connectivity index (χ4v) is 2.75. The summed E-state index contributed by atoms with van der Waals surface area (Å²) in [5.41, 5.74) is 1.29. The maximum absolute atomic E-state index is 12.0. The summed E-state index contributed by atoms with van der Waals surface area (Å²) in [4.78, 5) is 12.0. The number of carbonyl (C=O) groups is 1. The van der Waals surface area contributed by atoms with Gasteiger partial charge in [-0.15, -0.1) is 0 Å². The zero-order chi connectivity index (χ0) is 17.1. The lowest BCUT2D eigenvalue weighted by Crippen LogP contribution is -2.20. The smallest absolute Gasteiger partial charge is 0.262 e. The second kappa shape index (κ2) is 6.93. The zero-order valence-electron chi connectivity index (χ0n) is 13.0. The van der Waals surface area contributed by atoms with Crippen LogP contribution in [-0.2, 0) is 4.79 Å². The molecular formula is C19H16BrNO3. The number of hydrogen-bond acceptors (Lipinski definition) is 3. The summed E-state index contributed by atoms with van der Waals surface area (Å²) in [6, 6.07) is 16.7. The number of carbonyl (C=O) groups excluding carboxylic acids is 1. The first-order chi connectivity index (χ1) is 11.5. The third-order valence-corrected chi connectivity index (χ3v) is 4.06. The van der Waals surface area contributed by atoms with E-state index in [4.69, 9.17) is 4.74 Å². The number of phenolic OH excluding ortho intramolecular Hbond substituents is 1. The van der Waals surface area contributed by atoms with Crippen molar-refractivity contribution < 1.29 is 14.6 Å². The molecule has 1 amide bonds. The minimum absolute atomic E-state index is 0.0413. The first kappa shape index (κ1) is 16.3. The van der Waals surface area contributed by atoms with E-state index in [1.807, 2.05) is 49.4 Å². The van der Waals surface area contributed by atoms with Crippen LogP contribution >= 0.6 is 15.9 Å². The molecule has 0 saturated carbocycles. The van der Waals surface area contributed by atoms with Gasteiger partial charge in [0.2, 0.25) is 0 Å². The number of rotatable bonds is 4. The minimum atomic E-state index is -0.329. The van der Waals surface area contributed by atoms with E-state index < -0.39 is 0 Å². The van der Waals surface area contributed by atoms with Gasteiger partial charge < -0.3 is 15.2 Å². The van der Waals surface area contributed by atoms with Crippen LogP contribution in [0.15, 0.2) is 59.1 Å². The second-order valence-electron chi connectivity index (χ2n) is 5.51. The molecule has 0 aliphatic rings. The molecule has 5 heteroatoms. The standard InChI is InChI=1S/C19H16BrNO3/c1-12-2-7-17(18(22)8-12)21-19(23)11-24-16-6-4-13-9-15(20)5-3-14(13)10-16/h2-10,22H,11H2,1H3,(H,21,23). The van der Waals surface area contributed by atoms with E-state index in [2.05, 4.69) is 21.2 Å². The van der Waals surface area contributed by atoms with Gasteiger partial charge in [0.05, 0.1) is 5.69 Å². The van der Waals surface area contributed by atoms with Crippen LogP contribution in [0.25, 0.3) is 10.8 Å². The van der Waals surface area contributed by atoms with E-state index in [0.717, 1.165) is 20.8 Å². The molecule has 0 aliphatic carbocycles. The lowest BCUT2D eigenvalue weighted by atomic mass is 10.1. The highest BCUT2D eigenvalue weighted by Crippen LogP contribution is 2.25. The first-order valence-corrected chi connectivity index (χ1v) is 8.22. The lowest BCUT2D eigenvalue weighted by molar-refractivity contribution is -0.118. The average Bonchev–Trinajstić information content (AvgIpc) is 2.55. The van der Waals surface area contributed by atoms with Gasteiger partial charge in [0.15, 0.2) is 6.61 Å². The summed E-state index contributed by atoms with van der Waals surface area (Å²) in [7, 11) is 0. The fourth-order valence-electron chi connectivity index (χ4n) is 2.37. The van der Waals surface area contributed by atoms with E-state index in [-0.39, 0.29) is 18.3 Å². The minimum Gasteiger partial charge on any atom is -0.506 e. The third kappa shape index (κ3) is 3.86. The SMILES string of the molecule is Cc1ccc(NC(=O)COc2ccc3cc(Br)ccc3c2)c(O)c1. The predicted octanol–water partition coefficient (Wildman–Crippen LogP) is 4.63. The number of aryl methyl sites for hydroxylation is 1. The highest BCUT2D eigenvalue weighted by atomic mass is 79.9. The van der Waals surface area contributed by atoms with Crippen LogP contribution in [0.3, 0.4) is 0 Å². The Morgan fingerprint density at radius 3 is 2.62 bits per heavy atom. The number of phenols is 1. The molecule has 2 N–H and O–H groups in total. The normalized spacial score (nSPS) is 10.6. The number of ether oxygens (including phenoxy) is 1. The Morgan fingerprint density at radius 2 is 1.83 bits per heavy atom. The molecule has 0 radical (unpaired) electrons. The Labute approximate surface area is 148 Å². The van der Waals surface area contributed by atoms with E-state index in [0.29, 0.717) is 11.4 Å². The zero-order valence-corrected chi connectivity index (χ0v) is 14.6. The maximum Gasteiger partial charge on any atom is 0.262 e. The van der Waals surface area contributed by atoms with Gasteiger partial charge in [0.25, 0.3) is 5.91 Å². The molecule has 24 heavy (non-hydrogen) atoms. The van der Waals surface area contributed by atoms with Crippen LogP contribution < -0.4 is 10.1 Å². The maximum atomic E-state index is 12.0. The van der Waals surface area contributed by atoms with Crippen molar-refractivity contribution in [2.45, 2.75) is 6.92 Å². The number of hydrogen-bond donors (Lipinski definition) is 2. The second-order valence-corrected chi connectivity index (χ2v) is 6.43. The molecule has 0 aliphatic heterocycles. The average molecular weight is 386 g/mol. The molecule has 3 aromatic rings. The Bertz CT molecular complexity index is 908. The Hall–Kier alpha value is -2.53. The molecular weight excluding hydrogens is 370 g/mol. The van der Waals surface area contributed by atoms with Gasteiger partial charge in [-0.25, -0.2) is 0 Å². The summed E-state index contributed by atoms with van der Waals surface area (Å²) >= 11 is 3.44. The molecule has 4 nitrogen and oxygen atoms in total. The topological polar surface area (TPSA) is 58.6 Å². The van der Waals surface area contributed by atoms with Gasteiger partial charge in [0, 0.05) is 4.47 Å². The molecule has 3 rings (SSSR count). The highest BCUT2D eigenvalue weighted by molar-refractivity contribution is 9.10. The molecule has 0 heterocycles. The van der Waals surface area contributed by atoms with Gasteiger partial charge in [-0.2, -0.15) is 0 Å². The molecule has 0 aromatic heterocycles. The van der Waals surface area contributed by atoms with E-state index in [1.54, 1.807) is 12.1 Å². The molecule has 0 atom stereocenters. The monoisotopic (exact) mass is 385 g/mol. The summed E-state index contributed by atoms with van der Waals surface area (Å²) in [5, 5.41) is 14.6. The van der Waals surface area contributed by atoms with Crippen molar-refractivity contribution in [3.8, 4) is 11.5 Å². The van der Waals surface area contributed by atoms with Crippen molar-refractivity contribution in [2.75, 3.05) is 11.9 Å². The lowest BCUT2D eigenvalue weighted by Gasteiger charge is -2.10. The van der Waals surface area contributed by atoms with Crippen LogP contribution in [-0.4, -0.2) is 17.6 Å².